The average molecular weight is 403 g/mol. The van der Waals surface area contributed by atoms with Crippen molar-refractivity contribution in [1.82, 2.24) is 4.98 Å². The zero-order valence-electron chi connectivity index (χ0n) is 9.93. The summed E-state index contributed by atoms with van der Waals surface area (Å²) < 4.78 is 0.713. The van der Waals surface area contributed by atoms with Gasteiger partial charge in [-0.05, 0) is 46.9 Å². The fourth-order valence-electron chi connectivity index (χ4n) is 1.54. The summed E-state index contributed by atoms with van der Waals surface area (Å²) >= 11 is 7.86. The molecule has 20 heavy (non-hydrogen) atoms. The van der Waals surface area contributed by atoms with Crippen LogP contribution in [0, 0.1) is 3.57 Å². The summed E-state index contributed by atoms with van der Waals surface area (Å²) in [6.45, 7) is 0. The number of nitrogens with one attached hydrogen (secondary N) is 1. The summed E-state index contributed by atoms with van der Waals surface area (Å²) in [5.74, 6) is -1.57. The molecule has 0 saturated carbocycles. The first-order chi connectivity index (χ1) is 9.49. The van der Waals surface area contributed by atoms with E-state index in [2.05, 4.69) is 10.3 Å². The molecular weight excluding hydrogens is 395 g/mol. The van der Waals surface area contributed by atoms with E-state index in [-0.39, 0.29) is 11.3 Å². The quantitative estimate of drug-likeness (QED) is 0.772. The Labute approximate surface area is 133 Å². The van der Waals surface area contributed by atoms with E-state index in [1.165, 1.54) is 24.5 Å². The first kappa shape index (κ1) is 14.7. The second kappa shape index (κ2) is 6.19. The van der Waals surface area contributed by atoms with Crippen LogP contribution in [0.25, 0.3) is 0 Å². The van der Waals surface area contributed by atoms with Gasteiger partial charge in [-0.15, -0.1) is 0 Å². The fraction of sp³-hybridized carbons (Fsp3) is 0. The van der Waals surface area contributed by atoms with Crippen LogP contribution < -0.4 is 5.32 Å². The van der Waals surface area contributed by atoms with Crippen LogP contribution in [0.5, 0.6) is 0 Å². The molecule has 0 radical (unpaired) electrons. The Morgan fingerprint density at radius 1 is 1.25 bits per heavy atom. The van der Waals surface area contributed by atoms with Gasteiger partial charge in [-0.3, -0.25) is 9.78 Å². The van der Waals surface area contributed by atoms with Crippen LogP contribution in [0.2, 0.25) is 5.02 Å². The molecule has 1 aromatic carbocycles. The highest BCUT2D eigenvalue weighted by Crippen LogP contribution is 2.20. The number of hydrogen-bond acceptors (Lipinski definition) is 3. The van der Waals surface area contributed by atoms with Gasteiger partial charge in [0.25, 0.3) is 5.91 Å². The number of anilines is 1. The first-order valence-corrected chi connectivity index (χ1v) is 6.88. The summed E-state index contributed by atoms with van der Waals surface area (Å²) in [6, 6.07) is 6.22. The van der Waals surface area contributed by atoms with E-state index >= 15 is 0 Å². The molecule has 2 N–H and O–H groups in total. The molecule has 2 rings (SSSR count). The van der Waals surface area contributed by atoms with Crippen molar-refractivity contribution >= 4 is 51.8 Å². The number of nitrogens with zero attached hydrogens (tertiary/aromatic N) is 1. The van der Waals surface area contributed by atoms with Gasteiger partial charge in [-0.1, -0.05) is 11.6 Å². The third-order valence-corrected chi connectivity index (χ3v) is 3.65. The van der Waals surface area contributed by atoms with Crippen molar-refractivity contribution in [2.24, 2.45) is 0 Å². The molecule has 0 aliphatic heterocycles. The minimum Gasteiger partial charge on any atom is -0.478 e. The first-order valence-electron chi connectivity index (χ1n) is 5.42. The monoisotopic (exact) mass is 402 g/mol. The molecule has 0 aliphatic rings. The zero-order valence-corrected chi connectivity index (χ0v) is 12.8. The number of amides is 1. The number of carboxylic acid groups (broad SMARTS) is 1. The van der Waals surface area contributed by atoms with E-state index in [1.807, 2.05) is 22.6 Å². The van der Waals surface area contributed by atoms with Gasteiger partial charge in [0.05, 0.1) is 23.0 Å². The molecule has 0 spiro atoms. The third kappa shape index (κ3) is 3.26. The molecule has 1 aromatic heterocycles. The normalized spacial score (nSPS) is 10.1. The summed E-state index contributed by atoms with van der Waals surface area (Å²) in [5, 5.41) is 12.0. The number of benzene rings is 1. The molecular formula is C13H8ClIN2O3. The van der Waals surface area contributed by atoms with Gasteiger partial charge in [-0.2, -0.15) is 0 Å². The number of pyridine rings is 1. The van der Waals surface area contributed by atoms with Gasteiger partial charge in [0.15, 0.2) is 0 Å². The maximum atomic E-state index is 12.2. The van der Waals surface area contributed by atoms with Crippen molar-refractivity contribution in [3.8, 4) is 0 Å². The molecule has 2 aromatic rings. The van der Waals surface area contributed by atoms with Crippen LogP contribution in [0.15, 0.2) is 36.7 Å². The SMILES string of the molecule is O=C(Nc1cnccc1C(=O)O)c1cc(Cl)ccc1I. The molecule has 1 heterocycles. The van der Waals surface area contributed by atoms with Crippen molar-refractivity contribution < 1.29 is 14.7 Å². The average Bonchev–Trinajstić information content (AvgIpc) is 2.41. The highest BCUT2D eigenvalue weighted by molar-refractivity contribution is 14.1. The maximum absolute atomic E-state index is 12.2. The minimum atomic E-state index is -1.14. The van der Waals surface area contributed by atoms with E-state index in [1.54, 1.807) is 12.1 Å². The van der Waals surface area contributed by atoms with Crippen molar-refractivity contribution in [3.05, 3.63) is 56.4 Å². The number of aromatic carboxylic acids is 1. The topological polar surface area (TPSA) is 79.3 Å². The number of carbonyl (C=O) groups is 2. The number of carboxylic acids is 1. The molecule has 102 valence electrons. The molecule has 5 nitrogen and oxygen atoms in total. The van der Waals surface area contributed by atoms with Crippen LogP contribution in [-0.4, -0.2) is 22.0 Å². The fourth-order valence-corrected chi connectivity index (χ4v) is 2.29. The lowest BCUT2D eigenvalue weighted by atomic mass is 10.2. The highest BCUT2D eigenvalue weighted by Gasteiger charge is 2.15. The number of halogens is 2. The lowest BCUT2D eigenvalue weighted by Crippen LogP contribution is -2.16. The number of aromatic nitrogens is 1. The second-order valence-electron chi connectivity index (χ2n) is 3.80. The van der Waals surface area contributed by atoms with Crippen molar-refractivity contribution in [1.29, 1.82) is 0 Å². The summed E-state index contributed by atoms with van der Waals surface area (Å²) in [7, 11) is 0. The van der Waals surface area contributed by atoms with Crippen LogP contribution in [-0.2, 0) is 0 Å². The third-order valence-electron chi connectivity index (χ3n) is 2.47. The number of rotatable bonds is 3. The van der Waals surface area contributed by atoms with Gasteiger partial charge in [0.2, 0.25) is 0 Å². The lowest BCUT2D eigenvalue weighted by molar-refractivity contribution is 0.0698. The van der Waals surface area contributed by atoms with Crippen molar-refractivity contribution in [3.63, 3.8) is 0 Å². The van der Waals surface area contributed by atoms with Crippen LogP contribution in [0.3, 0.4) is 0 Å². The smallest absolute Gasteiger partial charge is 0.337 e. The van der Waals surface area contributed by atoms with Gasteiger partial charge < -0.3 is 10.4 Å². The van der Waals surface area contributed by atoms with E-state index in [4.69, 9.17) is 16.7 Å². The minimum absolute atomic E-state index is 0.0228. The highest BCUT2D eigenvalue weighted by atomic mass is 127. The molecule has 0 unspecified atom stereocenters. The Kier molecular flexibility index (Phi) is 4.56. The van der Waals surface area contributed by atoms with E-state index in [0.717, 1.165) is 0 Å². The summed E-state index contributed by atoms with van der Waals surface area (Å²) in [6.07, 6.45) is 2.64. The molecule has 0 bridgehead atoms. The molecule has 0 saturated heterocycles. The standard InChI is InChI=1S/C13H8ClIN2O3/c14-7-1-2-10(15)9(5-7)12(18)17-11-6-16-4-3-8(11)13(19)20/h1-6H,(H,17,18)(H,19,20). The predicted octanol–water partition coefficient (Wildman–Crippen LogP) is 3.29. The van der Waals surface area contributed by atoms with Gasteiger partial charge in [-0.25, -0.2) is 4.79 Å². The number of carbonyl (C=O) groups excluding carboxylic acids is 1. The second-order valence-corrected chi connectivity index (χ2v) is 5.40. The summed E-state index contributed by atoms with van der Waals surface area (Å²) in [4.78, 5) is 27.0. The molecule has 7 heteroatoms. The Morgan fingerprint density at radius 2 is 2.00 bits per heavy atom. The molecule has 0 aliphatic carbocycles. The van der Waals surface area contributed by atoms with Crippen molar-refractivity contribution in [2.75, 3.05) is 5.32 Å². The Morgan fingerprint density at radius 3 is 2.70 bits per heavy atom. The molecule has 0 fully saturated rings. The molecule has 1 amide bonds. The largest absolute Gasteiger partial charge is 0.478 e. The van der Waals surface area contributed by atoms with Gasteiger partial charge >= 0.3 is 5.97 Å². The predicted molar refractivity (Wildman–Crippen MR) is 83.3 cm³/mol. The van der Waals surface area contributed by atoms with Crippen LogP contribution in [0.4, 0.5) is 5.69 Å². The molecule has 0 atom stereocenters. The van der Waals surface area contributed by atoms with Crippen molar-refractivity contribution in [2.45, 2.75) is 0 Å². The van der Waals surface area contributed by atoms with E-state index < -0.39 is 11.9 Å². The van der Waals surface area contributed by atoms with Gasteiger partial charge in [0, 0.05) is 14.8 Å². The Bertz CT molecular complexity index is 691. The van der Waals surface area contributed by atoms with E-state index in [0.29, 0.717) is 14.2 Å². The van der Waals surface area contributed by atoms with E-state index in [9.17, 15) is 9.59 Å². The number of hydrogen-bond donors (Lipinski definition) is 2. The lowest BCUT2D eigenvalue weighted by Gasteiger charge is -2.09. The van der Waals surface area contributed by atoms with Crippen LogP contribution >= 0.6 is 34.2 Å². The Balaban J connectivity index is 2.33. The van der Waals surface area contributed by atoms with Crippen LogP contribution in [0.1, 0.15) is 20.7 Å². The van der Waals surface area contributed by atoms with Gasteiger partial charge in [0.1, 0.15) is 0 Å². The Hall–Kier alpha value is -1.67. The maximum Gasteiger partial charge on any atom is 0.337 e. The summed E-state index contributed by atoms with van der Waals surface area (Å²) in [5.41, 5.74) is 0.490. The zero-order chi connectivity index (χ0) is 14.7.